The lowest BCUT2D eigenvalue weighted by atomic mass is 9.78. The molecule has 1 aromatic carbocycles. The average Bonchev–Trinajstić information content (AvgIpc) is 2.97. The van der Waals surface area contributed by atoms with Crippen molar-refractivity contribution >= 4 is 27.8 Å². The average molecular weight is 370 g/mol. The highest BCUT2D eigenvalue weighted by atomic mass is 79.9. The molecule has 1 saturated carbocycles. The van der Waals surface area contributed by atoms with Gasteiger partial charge in [0.1, 0.15) is 0 Å². The number of amides is 1. The van der Waals surface area contributed by atoms with Gasteiger partial charge in [-0.25, -0.2) is 4.79 Å². The molecule has 0 spiro atoms. The molecule has 22 heavy (non-hydrogen) atoms. The molecule has 2 N–H and O–H groups in total. The molecule has 0 bridgehead atoms. The number of hydrogen-bond donors (Lipinski definition) is 2. The van der Waals surface area contributed by atoms with Crippen molar-refractivity contribution in [1.82, 2.24) is 5.32 Å². The van der Waals surface area contributed by atoms with Crippen LogP contribution in [-0.4, -0.2) is 36.7 Å². The van der Waals surface area contributed by atoms with Gasteiger partial charge in [-0.2, -0.15) is 0 Å². The third-order valence-corrected chi connectivity index (χ3v) is 4.70. The molecule has 0 aromatic heterocycles. The molecular formula is C16H20BrNO4. The van der Waals surface area contributed by atoms with Crippen LogP contribution in [0.5, 0.6) is 0 Å². The lowest BCUT2D eigenvalue weighted by molar-refractivity contribution is -0.144. The van der Waals surface area contributed by atoms with Crippen molar-refractivity contribution in [1.29, 1.82) is 0 Å². The molecule has 1 atom stereocenters. The molecule has 1 aliphatic carbocycles. The lowest BCUT2D eigenvalue weighted by Gasteiger charge is -2.30. The molecule has 6 heteroatoms. The number of carboxylic acids is 1. The summed E-state index contributed by atoms with van der Waals surface area (Å²) < 4.78 is 5.80. The van der Waals surface area contributed by atoms with Crippen LogP contribution in [-0.2, 0) is 19.7 Å². The fourth-order valence-corrected chi connectivity index (χ4v) is 3.45. The summed E-state index contributed by atoms with van der Waals surface area (Å²) in [5.74, 6) is -1.31. The highest BCUT2D eigenvalue weighted by Crippen LogP contribution is 2.42. The smallest absolute Gasteiger partial charge is 0.328 e. The maximum Gasteiger partial charge on any atom is 0.328 e. The van der Waals surface area contributed by atoms with Crippen LogP contribution in [0, 0.1) is 0 Å². The van der Waals surface area contributed by atoms with E-state index in [0.717, 1.165) is 35.7 Å². The molecular weight excluding hydrogens is 350 g/mol. The van der Waals surface area contributed by atoms with Gasteiger partial charge in [0.2, 0.25) is 5.91 Å². The number of nitrogens with one attached hydrogen (secondary N) is 1. The molecule has 1 aromatic rings. The minimum atomic E-state index is -1.09. The minimum Gasteiger partial charge on any atom is -0.480 e. The van der Waals surface area contributed by atoms with Crippen molar-refractivity contribution in [3.05, 3.63) is 34.3 Å². The first-order chi connectivity index (χ1) is 10.5. The molecule has 5 nitrogen and oxygen atoms in total. The standard InChI is InChI=1S/C16H20BrNO4/c1-22-10-13(14(19)20)18-15(21)16(7-2-3-8-16)11-5-4-6-12(17)9-11/h4-6,9,13H,2-3,7-8,10H2,1H3,(H,18,21)(H,19,20). The van der Waals surface area contributed by atoms with E-state index in [9.17, 15) is 14.7 Å². The van der Waals surface area contributed by atoms with Crippen LogP contribution in [0.3, 0.4) is 0 Å². The van der Waals surface area contributed by atoms with Gasteiger partial charge < -0.3 is 15.2 Å². The summed E-state index contributed by atoms with van der Waals surface area (Å²) in [6.45, 7) is -0.0460. The van der Waals surface area contributed by atoms with Crippen LogP contribution in [0.25, 0.3) is 0 Å². The van der Waals surface area contributed by atoms with Gasteiger partial charge in [-0.15, -0.1) is 0 Å². The third-order valence-electron chi connectivity index (χ3n) is 4.21. The molecule has 1 aliphatic rings. The highest BCUT2D eigenvalue weighted by molar-refractivity contribution is 9.10. The Morgan fingerprint density at radius 2 is 2.09 bits per heavy atom. The highest BCUT2D eigenvalue weighted by Gasteiger charge is 2.43. The number of carboxylic acid groups (broad SMARTS) is 1. The van der Waals surface area contributed by atoms with E-state index < -0.39 is 17.4 Å². The second kappa shape index (κ2) is 7.24. The number of benzene rings is 1. The van der Waals surface area contributed by atoms with E-state index in [0.29, 0.717) is 0 Å². The normalized spacial score (nSPS) is 17.9. The number of ether oxygens (including phenoxy) is 1. The van der Waals surface area contributed by atoms with Crippen molar-refractivity contribution in [2.45, 2.75) is 37.1 Å². The van der Waals surface area contributed by atoms with E-state index in [2.05, 4.69) is 21.2 Å². The zero-order chi connectivity index (χ0) is 16.2. The zero-order valence-corrected chi connectivity index (χ0v) is 14.1. The summed E-state index contributed by atoms with van der Waals surface area (Å²) >= 11 is 3.44. The molecule has 1 fully saturated rings. The van der Waals surface area contributed by atoms with Gasteiger partial charge >= 0.3 is 5.97 Å². The van der Waals surface area contributed by atoms with E-state index in [-0.39, 0.29) is 12.5 Å². The first kappa shape index (κ1) is 17.0. The Kier molecular flexibility index (Phi) is 5.58. The first-order valence-electron chi connectivity index (χ1n) is 7.28. The number of hydrogen-bond acceptors (Lipinski definition) is 3. The Balaban J connectivity index is 2.27. The number of halogens is 1. The van der Waals surface area contributed by atoms with Crippen LogP contribution in [0.15, 0.2) is 28.7 Å². The molecule has 1 unspecified atom stereocenters. The van der Waals surface area contributed by atoms with E-state index in [1.54, 1.807) is 0 Å². The van der Waals surface area contributed by atoms with E-state index in [1.807, 2.05) is 24.3 Å². The number of methoxy groups -OCH3 is 1. The number of aliphatic carboxylic acids is 1. The molecule has 0 heterocycles. The molecule has 0 saturated heterocycles. The topological polar surface area (TPSA) is 75.6 Å². The van der Waals surface area contributed by atoms with Gasteiger partial charge in [-0.05, 0) is 30.5 Å². The van der Waals surface area contributed by atoms with Crippen LogP contribution in [0.4, 0.5) is 0 Å². The van der Waals surface area contributed by atoms with Crippen LogP contribution in [0.1, 0.15) is 31.2 Å². The molecule has 2 rings (SSSR count). The Hall–Kier alpha value is -1.40. The molecule has 0 aliphatic heterocycles. The Morgan fingerprint density at radius 3 is 2.64 bits per heavy atom. The van der Waals surface area contributed by atoms with Crippen molar-refractivity contribution in [3.63, 3.8) is 0 Å². The summed E-state index contributed by atoms with van der Waals surface area (Å²) in [5, 5.41) is 11.8. The summed E-state index contributed by atoms with van der Waals surface area (Å²) in [4.78, 5) is 24.1. The summed E-state index contributed by atoms with van der Waals surface area (Å²) in [6.07, 6.45) is 3.38. The van der Waals surface area contributed by atoms with Gasteiger partial charge in [0.15, 0.2) is 6.04 Å². The Morgan fingerprint density at radius 1 is 1.41 bits per heavy atom. The van der Waals surface area contributed by atoms with Crippen LogP contribution >= 0.6 is 15.9 Å². The minimum absolute atomic E-state index is 0.0460. The second-order valence-electron chi connectivity index (χ2n) is 5.62. The van der Waals surface area contributed by atoms with Gasteiger partial charge in [0, 0.05) is 11.6 Å². The number of carbonyl (C=O) groups is 2. The lowest BCUT2D eigenvalue weighted by Crippen LogP contribution is -2.51. The Bertz CT molecular complexity index is 555. The second-order valence-corrected chi connectivity index (χ2v) is 6.53. The fourth-order valence-electron chi connectivity index (χ4n) is 3.05. The van der Waals surface area contributed by atoms with Crippen molar-refractivity contribution in [3.8, 4) is 0 Å². The van der Waals surface area contributed by atoms with E-state index in [1.165, 1.54) is 7.11 Å². The van der Waals surface area contributed by atoms with Gasteiger partial charge in [-0.3, -0.25) is 4.79 Å². The molecule has 120 valence electrons. The van der Waals surface area contributed by atoms with Crippen molar-refractivity contribution < 1.29 is 19.4 Å². The Labute approximate surface area is 138 Å². The first-order valence-corrected chi connectivity index (χ1v) is 8.07. The van der Waals surface area contributed by atoms with E-state index >= 15 is 0 Å². The summed E-state index contributed by atoms with van der Waals surface area (Å²) in [7, 11) is 1.42. The van der Waals surface area contributed by atoms with Crippen molar-refractivity contribution in [2.75, 3.05) is 13.7 Å². The number of rotatable bonds is 6. The summed E-state index contributed by atoms with van der Waals surface area (Å²) in [5.41, 5.74) is 0.282. The van der Waals surface area contributed by atoms with Crippen LogP contribution in [0.2, 0.25) is 0 Å². The molecule has 0 radical (unpaired) electrons. The van der Waals surface area contributed by atoms with Crippen LogP contribution < -0.4 is 5.32 Å². The van der Waals surface area contributed by atoms with E-state index in [4.69, 9.17) is 4.74 Å². The van der Waals surface area contributed by atoms with Crippen molar-refractivity contribution in [2.24, 2.45) is 0 Å². The van der Waals surface area contributed by atoms with Gasteiger partial charge in [-0.1, -0.05) is 40.9 Å². The summed E-state index contributed by atoms with van der Waals surface area (Å²) in [6, 6.07) is 6.66. The molecule has 1 amide bonds. The monoisotopic (exact) mass is 369 g/mol. The quantitative estimate of drug-likeness (QED) is 0.807. The zero-order valence-electron chi connectivity index (χ0n) is 12.5. The third kappa shape index (κ3) is 3.50. The predicted octanol–water partition coefficient (Wildman–Crippen LogP) is 2.48. The number of carbonyl (C=O) groups excluding carboxylic acids is 1. The van der Waals surface area contributed by atoms with Gasteiger partial charge in [0.05, 0.1) is 12.0 Å². The largest absolute Gasteiger partial charge is 0.480 e. The maximum atomic E-state index is 12.8. The predicted molar refractivity (Wildman–Crippen MR) is 85.7 cm³/mol. The van der Waals surface area contributed by atoms with Gasteiger partial charge in [0.25, 0.3) is 0 Å². The fraction of sp³-hybridized carbons (Fsp3) is 0.500. The SMILES string of the molecule is COCC(NC(=O)C1(c2cccc(Br)c2)CCCC1)C(=O)O. The maximum absolute atomic E-state index is 12.8.